The summed E-state index contributed by atoms with van der Waals surface area (Å²) in [6.45, 7) is 4.34. The van der Waals surface area contributed by atoms with Gasteiger partial charge < -0.3 is 10.6 Å². The lowest BCUT2D eigenvalue weighted by atomic mass is 10.0. The van der Waals surface area contributed by atoms with E-state index < -0.39 is 27.7 Å². The molecule has 0 saturated carbocycles. The highest BCUT2D eigenvalue weighted by molar-refractivity contribution is 7.89. The molecular weight excluding hydrogens is 433 g/mol. The van der Waals surface area contributed by atoms with Gasteiger partial charge in [0, 0.05) is 24.8 Å². The van der Waals surface area contributed by atoms with E-state index in [-0.39, 0.29) is 17.5 Å². The average Bonchev–Trinajstić information content (AvgIpc) is 2.73. The van der Waals surface area contributed by atoms with Crippen LogP contribution in [0.15, 0.2) is 47.4 Å². The summed E-state index contributed by atoms with van der Waals surface area (Å²) in [5.74, 6) is -2.04. The normalized spacial score (nSPS) is 17.0. The van der Waals surface area contributed by atoms with E-state index in [1.807, 2.05) is 19.9 Å². The molecule has 3 rings (SSSR count). The van der Waals surface area contributed by atoms with E-state index in [2.05, 4.69) is 10.6 Å². The number of nitrogens with zero attached hydrogens (tertiary/aromatic N) is 1. The van der Waals surface area contributed by atoms with Crippen molar-refractivity contribution in [2.24, 2.45) is 0 Å². The number of piperidine rings is 1. The summed E-state index contributed by atoms with van der Waals surface area (Å²) < 4.78 is 40.7. The maximum Gasteiger partial charge on any atom is 0.313 e. The summed E-state index contributed by atoms with van der Waals surface area (Å²) in [6, 6.07) is 9.98. The van der Waals surface area contributed by atoms with Crippen molar-refractivity contribution in [1.82, 2.24) is 9.62 Å². The van der Waals surface area contributed by atoms with Gasteiger partial charge in [0.25, 0.3) is 0 Å². The molecule has 0 aliphatic carbocycles. The van der Waals surface area contributed by atoms with Gasteiger partial charge in [0.05, 0.1) is 4.90 Å². The van der Waals surface area contributed by atoms with Gasteiger partial charge in [-0.25, -0.2) is 12.8 Å². The molecule has 2 aromatic carbocycles. The van der Waals surface area contributed by atoms with E-state index in [4.69, 9.17) is 0 Å². The number of anilines is 1. The molecule has 2 aromatic rings. The number of hydrogen-bond donors (Lipinski definition) is 2. The minimum Gasteiger partial charge on any atom is -0.348 e. The Morgan fingerprint density at radius 2 is 1.69 bits per heavy atom. The number of nitrogens with one attached hydrogen (secondary N) is 2. The first kappa shape index (κ1) is 23.9. The summed E-state index contributed by atoms with van der Waals surface area (Å²) in [7, 11) is -3.77. The van der Waals surface area contributed by atoms with E-state index in [1.54, 1.807) is 12.1 Å². The predicted octanol–water partition coefficient (Wildman–Crippen LogP) is 3.13. The first-order chi connectivity index (χ1) is 15.2. The summed E-state index contributed by atoms with van der Waals surface area (Å²) in [5, 5.41) is 5.16. The number of carbonyl (C=O) groups is 2. The number of carbonyl (C=O) groups excluding carboxylic acids is 2. The Morgan fingerprint density at radius 3 is 2.34 bits per heavy atom. The fourth-order valence-electron chi connectivity index (χ4n) is 3.99. The molecule has 1 aliphatic heterocycles. The second-order valence-corrected chi connectivity index (χ2v) is 9.98. The highest BCUT2D eigenvalue weighted by atomic mass is 32.2. The Balaban J connectivity index is 1.58. The lowest BCUT2D eigenvalue weighted by Gasteiger charge is -2.34. The predicted molar refractivity (Wildman–Crippen MR) is 120 cm³/mol. The Kier molecular flexibility index (Phi) is 7.63. The number of amides is 2. The zero-order valence-corrected chi connectivity index (χ0v) is 19.0. The van der Waals surface area contributed by atoms with Gasteiger partial charge in [-0.15, -0.1) is 0 Å². The maximum atomic E-state index is 13.2. The van der Waals surface area contributed by atoms with Crippen LogP contribution in [-0.4, -0.2) is 43.7 Å². The van der Waals surface area contributed by atoms with Crippen molar-refractivity contribution in [1.29, 1.82) is 0 Å². The maximum absolute atomic E-state index is 13.2. The van der Waals surface area contributed by atoms with Crippen LogP contribution < -0.4 is 10.6 Å². The van der Waals surface area contributed by atoms with Crippen molar-refractivity contribution in [2.45, 2.75) is 50.5 Å². The van der Waals surface area contributed by atoms with Gasteiger partial charge in [0.1, 0.15) is 5.82 Å². The van der Waals surface area contributed by atoms with Crippen molar-refractivity contribution in [3.05, 3.63) is 59.4 Å². The number of benzene rings is 2. The standard InChI is InChI=1S/C23H28FN3O4S/c1-16-13-17(2)15-19(14-16)26-23(29)22(28)25-11-10-20-5-3-4-12-27(20)32(30,31)21-8-6-18(24)7-9-21/h6-9,13-15,20H,3-5,10-12H2,1-2H3,(H,25,28)(H,26,29)/t20-/m0/s1. The molecule has 0 radical (unpaired) electrons. The third-order valence-electron chi connectivity index (χ3n) is 5.44. The van der Waals surface area contributed by atoms with Gasteiger partial charge in [0.15, 0.2) is 0 Å². The van der Waals surface area contributed by atoms with E-state index >= 15 is 0 Å². The first-order valence-corrected chi connectivity index (χ1v) is 12.1. The molecule has 1 fully saturated rings. The van der Waals surface area contributed by atoms with Crippen LogP contribution >= 0.6 is 0 Å². The highest BCUT2D eigenvalue weighted by Crippen LogP contribution is 2.27. The van der Waals surface area contributed by atoms with E-state index in [0.29, 0.717) is 25.1 Å². The van der Waals surface area contributed by atoms with Crippen LogP contribution in [0.1, 0.15) is 36.8 Å². The van der Waals surface area contributed by atoms with Gasteiger partial charge in [-0.1, -0.05) is 12.5 Å². The third-order valence-corrected chi connectivity index (χ3v) is 7.41. The monoisotopic (exact) mass is 461 g/mol. The Labute approximate surface area is 188 Å². The van der Waals surface area contributed by atoms with Crippen LogP contribution in [0.2, 0.25) is 0 Å². The second kappa shape index (κ2) is 10.2. The Bertz CT molecular complexity index is 1070. The van der Waals surface area contributed by atoms with Gasteiger partial charge in [-0.05, 0) is 80.6 Å². The summed E-state index contributed by atoms with van der Waals surface area (Å²) >= 11 is 0. The number of rotatable bonds is 6. The average molecular weight is 462 g/mol. The number of sulfonamides is 1. The van der Waals surface area contributed by atoms with E-state index in [9.17, 15) is 22.4 Å². The van der Waals surface area contributed by atoms with Gasteiger partial charge in [-0.2, -0.15) is 4.31 Å². The van der Waals surface area contributed by atoms with Crippen molar-refractivity contribution in [3.8, 4) is 0 Å². The molecule has 172 valence electrons. The molecule has 2 amide bonds. The molecule has 0 bridgehead atoms. The molecular formula is C23H28FN3O4S. The number of hydrogen-bond acceptors (Lipinski definition) is 4. The zero-order chi connectivity index (χ0) is 23.3. The van der Waals surface area contributed by atoms with E-state index in [1.165, 1.54) is 16.4 Å². The summed E-state index contributed by atoms with van der Waals surface area (Å²) in [6.07, 6.45) is 2.65. The third kappa shape index (κ3) is 5.92. The molecule has 0 spiro atoms. The molecule has 1 heterocycles. The molecule has 0 unspecified atom stereocenters. The quantitative estimate of drug-likeness (QED) is 0.646. The topological polar surface area (TPSA) is 95.6 Å². The second-order valence-electron chi connectivity index (χ2n) is 8.09. The van der Waals surface area contributed by atoms with Crippen molar-refractivity contribution >= 4 is 27.5 Å². The smallest absolute Gasteiger partial charge is 0.313 e. The minimum absolute atomic E-state index is 0.0441. The molecule has 9 heteroatoms. The Morgan fingerprint density at radius 1 is 1.03 bits per heavy atom. The van der Waals surface area contributed by atoms with Crippen LogP contribution in [0.4, 0.5) is 10.1 Å². The van der Waals surface area contributed by atoms with E-state index in [0.717, 1.165) is 36.1 Å². The summed E-state index contributed by atoms with van der Waals surface area (Å²) in [4.78, 5) is 24.4. The summed E-state index contributed by atoms with van der Waals surface area (Å²) in [5.41, 5.74) is 2.49. The fraction of sp³-hybridized carbons (Fsp3) is 0.391. The van der Waals surface area contributed by atoms with Gasteiger partial charge in [0.2, 0.25) is 10.0 Å². The lowest BCUT2D eigenvalue weighted by molar-refractivity contribution is -0.136. The van der Waals surface area contributed by atoms with Crippen LogP contribution in [0.5, 0.6) is 0 Å². The molecule has 2 N–H and O–H groups in total. The molecule has 32 heavy (non-hydrogen) atoms. The number of halogens is 1. The SMILES string of the molecule is Cc1cc(C)cc(NC(=O)C(=O)NCC[C@@H]2CCCCN2S(=O)(=O)c2ccc(F)cc2)c1. The van der Waals surface area contributed by atoms with Gasteiger partial charge in [-0.3, -0.25) is 9.59 Å². The zero-order valence-electron chi connectivity index (χ0n) is 18.2. The van der Waals surface area contributed by atoms with Crippen molar-refractivity contribution in [2.75, 3.05) is 18.4 Å². The molecule has 1 atom stereocenters. The molecule has 1 saturated heterocycles. The fourth-order valence-corrected chi connectivity index (χ4v) is 5.71. The lowest BCUT2D eigenvalue weighted by Crippen LogP contribution is -2.45. The molecule has 0 aromatic heterocycles. The number of aryl methyl sites for hydroxylation is 2. The minimum atomic E-state index is -3.77. The largest absolute Gasteiger partial charge is 0.348 e. The Hall–Kier alpha value is -2.78. The molecule has 1 aliphatic rings. The molecule has 7 nitrogen and oxygen atoms in total. The highest BCUT2D eigenvalue weighted by Gasteiger charge is 2.33. The van der Waals surface area contributed by atoms with Crippen molar-refractivity contribution < 1.29 is 22.4 Å². The first-order valence-electron chi connectivity index (χ1n) is 10.6. The van der Waals surface area contributed by atoms with Crippen LogP contribution in [0.25, 0.3) is 0 Å². The van der Waals surface area contributed by atoms with Gasteiger partial charge >= 0.3 is 11.8 Å². The van der Waals surface area contributed by atoms with Crippen LogP contribution in [0, 0.1) is 19.7 Å². The van der Waals surface area contributed by atoms with Crippen LogP contribution in [0.3, 0.4) is 0 Å². The van der Waals surface area contributed by atoms with Crippen LogP contribution in [-0.2, 0) is 19.6 Å². The van der Waals surface area contributed by atoms with Crippen molar-refractivity contribution in [3.63, 3.8) is 0 Å².